The van der Waals surface area contributed by atoms with Gasteiger partial charge in [0.05, 0.1) is 25.4 Å². The van der Waals surface area contributed by atoms with Gasteiger partial charge in [-0.3, -0.25) is 4.79 Å². The Bertz CT molecular complexity index is 746. The molecule has 1 aliphatic heterocycles. The van der Waals surface area contributed by atoms with Crippen LogP contribution in [0.4, 0.5) is 0 Å². The number of nitrogens with one attached hydrogen (secondary N) is 1. The van der Waals surface area contributed by atoms with Gasteiger partial charge in [0.25, 0.3) is 0 Å². The van der Waals surface area contributed by atoms with E-state index in [9.17, 15) is 30.3 Å². The third kappa shape index (κ3) is 18.6. The van der Waals surface area contributed by atoms with Crippen molar-refractivity contribution in [2.45, 2.75) is 179 Å². The van der Waals surface area contributed by atoms with Gasteiger partial charge in [0.15, 0.2) is 6.29 Å². The SMILES string of the molecule is CCCCCCCCCCCCCC/C=C/CC/C=C/C(O)C(COC1OC(CO)C(O)C(O)C1O)NC(=O)CCCCC. The summed E-state index contributed by atoms with van der Waals surface area (Å²) in [5, 5.41) is 53.3. The average Bonchev–Trinajstić information content (AvgIpc) is 3.02. The fourth-order valence-corrected chi connectivity index (χ4v) is 5.34. The molecule has 0 radical (unpaired) electrons. The predicted octanol–water partition coefficient (Wildman–Crippen LogP) is 5.21. The van der Waals surface area contributed by atoms with Crippen LogP contribution in [0, 0.1) is 0 Å². The molecule has 0 aromatic carbocycles. The van der Waals surface area contributed by atoms with E-state index in [1.807, 2.05) is 6.08 Å². The van der Waals surface area contributed by atoms with Gasteiger partial charge >= 0.3 is 0 Å². The zero-order valence-electron chi connectivity index (χ0n) is 27.7. The van der Waals surface area contributed by atoms with Gasteiger partial charge < -0.3 is 40.3 Å². The van der Waals surface area contributed by atoms with Gasteiger partial charge in [0.2, 0.25) is 5.91 Å². The van der Waals surface area contributed by atoms with Crippen molar-refractivity contribution in [2.24, 2.45) is 0 Å². The van der Waals surface area contributed by atoms with E-state index in [1.54, 1.807) is 6.08 Å². The molecule has 1 aliphatic rings. The van der Waals surface area contributed by atoms with Crippen LogP contribution >= 0.6 is 0 Å². The number of allylic oxidation sites excluding steroid dienone is 3. The van der Waals surface area contributed by atoms with Crippen molar-refractivity contribution in [1.82, 2.24) is 5.32 Å². The Hall–Kier alpha value is -1.33. The molecule has 6 N–H and O–H groups in total. The highest BCUT2D eigenvalue weighted by atomic mass is 16.7. The molecule has 0 aliphatic carbocycles. The Morgan fingerprint density at radius 3 is 1.91 bits per heavy atom. The quantitative estimate of drug-likeness (QED) is 0.0537. The van der Waals surface area contributed by atoms with Crippen LogP contribution in [0.2, 0.25) is 0 Å². The number of hydrogen-bond donors (Lipinski definition) is 6. The minimum Gasteiger partial charge on any atom is -0.394 e. The summed E-state index contributed by atoms with van der Waals surface area (Å²) in [4.78, 5) is 12.5. The maximum Gasteiger partial charge on any atom is 0.220 e. The maximum absolute atomic E-state index is 12.5. The molecule has 0 saturated carbocycles. The zero-order valence-corrected chi connectivity index (χ0v) is 27.7. The summed E-state index contributed by atoms with van der Waals surface area (Å²) in [6.07, 6.45) is 21.7. The van der Waals surface area contributed by atoms with Crippen molar-refractivity contribution in [1.29, 1.82) is 0 Å². The number of amides is 1. The molecule has 0 aromatic rings. The number of ether oxygens (including phenoxy) is 2. The molecule has 7 atom stereocenters. The lowest BCUT2D eigenvalue weighted by Crippen LogP contribution is -2.60. The van der Waals surface area contributed by atoms with Crippen LogP contribution in [0.5, 0.6) is 0 Å². The second-order valence-electron chi connectivity index (χ2n) is 12.3. The van der Waals surface area contributed by atoms with Gasteiger partial charge in [-0.25, -0.2) is 0 Å². The van der Waals surface area contributed by atoms with E-state index in [0.29, 0.717) is 6.42 Å². The highest BCUT2D eigenvalue weighted by molar-refractivity contribution is 5.76. The largest absolute Gasteiger partial charge is 0.394 e. The Morgan fingerprint density at radius 1 is 0.750 bits per heavy atom. The molecule has 258 valence electrons. The topological polar surface area (TPSA) is 149 Å². The first-order valence-corrected chi connectivity index (χ1v) is 17.6. The fraction of sp³-hybridized carbons (Fsp3) is 0.857. The van der Waals surface area contributed by atoms with Gasteiger partial charge in [-0.15, -0.1) is 0 Å². The summed E-state index contributed by atoms with van der Waals surface area (Å²) in [6.45, 7) is 3.55. The van der Waals surface area contributed by atoms with Crippen molar-refractivity contribution >= 4 is 5.91 Å². The van der Waals surface area contributed by atoms with Crippen LogP contribution in [0.15, 0.2) is 24.3 Å². The van der Waals surface area contributed by atoms with E-state index in [-0.39, 0.29) is 12.5 Å². The average molecular weight is 628 g/mol. The Balaban J connectivity index is 2.36. The number of carbonyl (C=O) groups is 1. The second kappa shape index (κ2) is 26.8. The van der Waals surface area contributed by atoms with Crippen LogP contribution in [0.25, 0.3) is 0 Å². The van der Waals surface area contributed by atoms with Crippen LogP contribution in [-0.4, -0.2) is 87.5 Å². The van der Waals surface area contributed by atoms with Crippen molar-refractivity contribution in [3.05, 3.63) is 24.3 Å². The molecular formula is C35H65NO8. The molecule has 0 aromatic heterocycles. The smallest absolute Gasteiger partial charge is 0.220 e. The normalized spacial score (nSPS) is 23.8. The van der Waals surface area contributed by atoms with Crippen molar-refractivity contribution in [3.63, 3.8) is 0 Å². The summed E-state index contributed by atoms with van der Waals surface area (Å²) in [5.41, 5.74) is 0. The molecule has 1 saturated heterocycles. The summed E-state index contributed by atoms with van der Waals surface area (Å²) in [6, 6.07) is -0.811. The number of unbranched alkanes of at least 4 members (excludes halogenated alkanes) is 15. The summed E-state index contributed by atoms with van der Waals surface area (Å²) < 4.78 is 11.0. The predicted molar refractivity (Wildman–Crippen MR) is 175 cm³/mol. The van der Waals surface area contributed by atoms with Crippen molar-refractivity contribution in [3.8, 4) is 0 Å². The number of aliphatic hydroxyl groups excluding tert-OH is 5. The lowest BCUT2D eigenvalue weighted by Gasteiger charge is -2.40. The molecule has 1 amide bonds. The first-order chi connectivity index (χ1) is 21.3. The van der Waals surface area contributed by atoms with E-state index in [4.69, 9.17) is 9.47 Å². The highest BCUT2D eigenvalue weighted by Gasteiger charge is 2.44. The van der Waals surface area contributed by atoms with Crippen LogP contribution in [0.1, 0.15) is 136 Å². The number of hydrogen-bond acceptors (Lipinski definition) is 8. The summed E-state index contributed by atoms with van der Waals surface area (Å²) >= 11 is 0. The molecule has 0 bridgehead atoms. The molecule has 1 rings (SSSR count). The lowest BCUT2D eigenvalue weighted by molar-refractivity contribution is -0.302. The van der Waals surface area contributed by atoms with Gasteiger partial charge in [-0.05, 0) is 32.1 Å². The monoisotopic (exact) mass is 627 g/mol. The van der Waals surface area contributed by atoms with Crippen LogP contribution in [-0.2, 0) is 14.3 Å². The highest BCUT2D eigenvalue weighted by Crippen LogP contribution is 2.22. The van der Waals surface area contributed by atoms with Gasteiger partial charge in [-0.1, -0.05) is 122 Å². The number of carbonyl (C=O) groups excluding carboxylic acids is 1. The standard InChI is InChI=1S/C35H65NO8/c1-3-5-7-8-9-10-11-12-13-14-15-16-17-18-19-20-21-23-24-29(38)28(36-31(39)25-22-6-4-2)27-43-35-34(42)33(41)32(40)30(26-37)44-35/h18-19,23-24,28-30,32-35,37-38,40-42H,3-17,20-22,25-27H2,1-2H3,(H,36,39)/b19-18+,24-23+. The molecule has 44 heavy (non-hydrogen) atoms. The lowest BCUT2D eigenvalue weighted by atomic mass is 9.99. The second-order valence-corrected chi connectivity index (χ2v) is 12.3. The van der Waals surface area contributed by atoms with E-state index in [0.717, 1.165) is 38.5 Å². The van der Waals surface area contributed by atoms with E-state index in [2.05, 4.69) is 31.3 Å². The fourth-order valence-electron chi connectivity index (χ4n) is 5.34. The first-order valence-electron chi connectivity index (χ1n) is 17.6. The van der Waals surface area contributed by atoms with Crippen LogP contribution < -0.4 is 5.32 Å². The van der Waals surface area contributed by atoms with Crippen molar-refractivity contribution < 1.29 is 39.8 Å². The molecule has 0 spiro atoms. The minimum atomic E-state index is -1.56. The minimum absolute atomic E-state index is 0.202. The Morgan fingerprint density at radius 2 is 1.30 bits per heavy atom. The molecule has 9 heteroatoms. The Kier molecular flexibility index (Phi) is 24.8. The third-order valence-corrected chi connectivity index (χ3v) is 8.28. The summed E-state index contributed by atoms with van der Waals surface area (Å²) in [5.74, 6) is -0.214. The van der Waals surface area contributed by atoms with Gasteiger partial charge in [0.1, 0.15) is 24.4 Å². The molecule has 7 unspecified atom stereocenters. The zero-order chi connectivity index (χ0) is 32.4. The van der Waals surface area contributed by atoms with E-state index < -0.39 is 49.5 Å². The Labute approximate surface area is 267 Å². The summed E-state index contributed by atoms with van der Waals surface area (Å²) in [7, 11) is 0. The third-order valence-electron chi connectivity index (χ3n) is 8.28. The maximum atomic E-state index is 12.5. The van der Waals surface area contributed by atoms with Gasteiger partial charge in [0, 0.05) is 6.42 Å². The molecule has 1 fully saturated rings. The van der Waals surface area contributed by atoms with Gasteiger partial charge in [-0.2, -0.15) is 0 Å². The number of aliphatic hydroxyl groups is 5. The number of rotatable bonds is 27. The van der Waals surface area contributed by atoms with E-state index in [1.165, 1.54) is 77.0 Å². The van der Waals surface area contributed by atoms with Crippen LogP contribution in [0.3, 0.4) is 0 Å². The molecule has 9 nitrogen and oxygen atoms in total. The molecule has 1 heterocycles. The molecular weight excluding hydrogens is 562 g/mol. The van der Waals surface area contributed by atoms with Crippen molar-refractivity contribution in [2.75, 3.05) is 13.2 Å². The van der Waals surface area contributed by atoms with E-state index >= 15 is 0 Å². The first kappa shape index (κ1) is 40.7.